The van der Waals surface area contributed by atoms with E-state index in [4.69, 9.17) is 6.42 Å². The Hall–Kier alpha value is -3.69. The highest BCUT2D eigenvalue weighted by Gasteiger charge is 2.16. The minimum absolute atomic E-state index is 0.207. The number of carbonyl (C=O) groups is 1. The zero-order valence-corrected chi connectivity index (χ0v) is 13.4. The molecule has 0 heterocycles. The third-order valence-corrected chi connectivity index (χ3v) is 1.91. The Bertz CT molecular complexity index is 859. The number of carbonyl (C=O) groups excluding carboxylic acids is 1. The topological polar surface area (TPSA) is 29.1 Å². The highest BCUT2D eigenvalue weighted by molar-refractivity contribution is 5.98. The van der Waals surface area contributed by atoms with Gasteiger partial charge in [-0.3, -0.25) is 4.79 Å². The second kappa shape index (κ2) is 10.1. The van der Waals surface area contributed by atoms with Crippen molar-refractivity contribution in [2.45, 2.75) is 26.3 Å². The van der Waals surface area contributed by atoms with Gasteiger partial charge in [-0.25, -0.2) is 0 Å². The molecule has 0 aromatic rings. The van der Waals surface area contributed by atoms with Crippen molar-refractivity contribution < 1.29 is 4.79 Å². The largest absolute Gasteiger partial charge is 0.347 e. The standard InChI is InChI=1S/C21H15NO/c1-7-8-9-10-11-12-13-14-15-16-17-18(2)19(3)20(23)22-21(4,5)6/h1H,2-3H2,4-6H3,(H,22,23). The van der Waals surface area contributed by atoms with E-state index in [2.05, 4.69) is 83.6 Å². The molecule has 0 saturated carbocycles. The number of amides is 1. The Kier molecular flexibility index (Phi) is 8.48. The Balaban J connectivity index is 4.65. The fourth-order valence-electron chi connectivity index (χ4n) is 0.990. The summed E-state index contributed by atoms with van der Waals surface area (Å²) in [5.41, 5.74) is 0.158. The molecule has 0 saturated heterocycles. The zero-order chi connectivity index (χ0) is 17.7. The Morgan fingerprint density at radius 1 is 0.870 bits per heavy atom. The quantitative estimate of drug-likeness (QED) is 0.469. The van der Waals surface area contributed by atoms with Crippen LogP contribution in [0.25, 0.3) is 0 Å². The molecule has 0 radical (unpaired) electrons. The van der Waals surface area contributed by atoms with Crippen molar-refractivity contribution >= 4 is 5.91 Å². The molecule has 0 aromatic carbocycles. The van der Waals surface area contributed by atoms with Crippen LogP contribution in [-0.2, 0) is 4.79 Å². The van der Waals surface area contributed by atoms with E-state index in [0.29, 0.717) is 5.57 Å². The van der Waals surface area contributed by atoms with Gasteiger partial charge in [-0.2, -0.15) is 0 Å². The van der Waals surface area contributed by atoms with E-state index in [1.807, 2.05) is 20.8 Å². The minimum atomic E-state index is -0.352. The lowest BCUT2D eigenvalue weighted by molar-refractivity contribution is -0.118. The zero-order valence-electron chi connectivity index (χ0n) is 13.4. The fourth-order valence-corrected chi connectivity index (χ4v) is 0.990. The summed E-state index contributed by atoms with van der Waals surface area (Å²) in [7, 11) is 0. The molecule has 23 heavy (non-hydrogen) atoms. The van der Waals surface area contributed by atoms with Gasteiger partial charge in [0.05, 0.1) is 0 Å². The van der Waals surface area contributed by atoms with Crippen LogP contribution >= 0.6 is 0 Å². The van der Waals surface area contributed by atoms with Crippen molar-refractivity contribution in [2.75, 3.05) is 0 Å². The number of rotatable bonds is 2. The van der Waals surface area contributed by atoms with Crippen LogP contribution in [0.2, 0.25) is 0 Å². The summed E-state index contributed by atoms with van der Waals surface area (Å²) in [5.74, 6) is 26.6. The van der Waals surface area contributed by atoms with Gasteiger partial charge in [0.15, 0.2) is 0 Å². The number of hydrogen-bond acceptors (Lipinski definition) is 1. The average molecular weight is 297 g/mol. The molecule has 0 aliphatic carbocycles. The predicted molar refractivity (Wildman–Crippen MR) is 93.9 cm³/mol. The van der Waals surface area contributed by atoms with Gasteiger partial charge in [0.2, 0.25) is 0 Å². The van der Waals surface area contributed by atoms with Gasteiger partial charge >= 0.3 is 0 Å². The van der Waals surface area contributed by atoms with Crippen molar-refractivity contribution in [1.82, 2.24) is 5.32 Å². The van der Waals surface area contributed by atoms with Crippen LogP contribution in [0.15, 0.2) is 24.3 Å². The van der Waals surface area contributed by atoms with E-state index >= 15 is 0 Å². The molecule has 1 amide bonds. The Labute approximate surface area is 138 Å². The average Bonchev–Trinajstić information content (AvgIpc) is 2.46. The van der Waals surface area contributed by atoms with Crippen molar-refractivity contribution in [3.05, 3.63) is 24.3 Å². The highest BCUT2D eigenvalue weighted by atomic mass is 16.1. The maximum absolute atomic E-state index is 11.8. The van der Waals surface area contributed by atoms with Gasteiger partial charge < -0.3 is 5.32 Å². The third kappa shape index (κ3) is 10.7. The first-order valence-corrected chi connectivity index (χ1v) is 6.45. The van der Waals surface area contributed by atoms with E-state index in [9.17, 15) is 4.79 Å². The van der Waals surface area contributed by atoms with Crippen molar-refractivity contribution in [3.8, 4) is 71.5 Å². The number of hydrogen-bond donors (Lipinski definition) is 1. The van der Waals surface area contributed by atoms with E-state index in [-0.39, 0.29) is 17.0 Å². The summed E-state index contributed by atoms with van der Waals surface area (Å²) in [6.45, 7) is 13.0. The first-order valence-electron chi connectivity index (χ1n) is 6.45. The summed E-state index contributed by atoms with van der Waals surface area (Å²) in [6, 6.07) is 0. The maximum Gasteiger partial charge on any atom is 0.252 e. The molecule has 2 nitrogen and oxygen atoms in total. The summed E-state index contributed by atoms with van der Waals surface area (Å²) >= 11 is 0. The van der Waals surface area contributed by atoms with Crippen LogP contribution in [0.3, 0.4) is 0 Å². The second-order valence-electron chi connectivity index (χ2n) is 5.06. The first-order chi connectivity index (χ1) is 10.8. The van der Waals surface area contributed by atoms with Crippen LogP contribution in [0.1, 0.15) is 20.8 Å². The molecule has 0 aromatic heterocycles. The molecule has 2 heteroatoms. The van der Waals surface area contributed by atoms with Crippen LogP contribution in [0.5, 0.6) is 0 Å². The number of terminal acetylenes is 1. The van der Waals surface area contributed by atoms with Crippen LogP contribution < -0.4 is 5.32 Å². The Morgan fingerprint density at radius 2 is 1.30 bits per heavy atom. The van der Waals surface area contributed by atoms with E-state index in [0.717, 1.165) is 0 Å². The lowest BCUT2D eigenvalue weighted by Crippen LogP contribution is -2.41. The SMILES string of the molecule is C#CC#CC#CC#CC#CC#CC(=C)C(=C)C(=O)NC(C)(C)C. The number of nitrogens with one attached hydrogen (secondary N) is 1. The molecule has 0 atom stereocenters. The molecule has 0 aliphatic rings. The lowest BCUT2D eigenvalue weighted by atomic mass is 10.1. The van der Waals surface area contributed by atoms with E-state index < -0.39 is 0 Å². The lowest BCUT2D eigenvalue weighted by Gasteiger charge is -2.20. The van der Waals surface area contributed by atoms with Crippen molar-refractivity contribution in [2.24, 2.45) is 0 Å². The Morgan fingerprint density at radius 3 is 1.74 bits per heavy atom. The van der Waals surface area contributed by atoms with Crippen molar-refractivity contribution in [1.29, 1.82) is 0 Å². The highest BCUT2D eigenvalue weighted by Crippen LogP contribution is 2.07. The van der Waals surface area contributed by atoms with Gasteiger partial charge in [0.25, 0.3) is 5.91 Å². The molecule has 110 valence electrons. The molecular formula is C21H15NO. The molecule has 0 fully saturated rings. The van der Waals surface area contributed by atoms with Crippen LogP contribution in [0, 0.1) is 71.5 Å². The normalized spacial score (nSPS) is 7.39. The summed E-state index contributed by atoms with van der Waals surface area (Å²) in [6.07, 6.45) is 4.92. The third-order valence-electron chi connectivity index (χ3n) is 1.91. The van der Waals surface area contributed by atoms with Gasteiger partial charge in [-0.15, -0.1) is 6.42 Å². The predicted octanol–water partition coefficient (Wildman–Crippen LogP) is 1.66. The van der Waals surface area contributed by atoms with E-state index in [1.54, 1.807) is 0 Å². The molecule has 0 unspecified atom stereocenters. The maximum atomic E-state index is 11.8. The molecule has 0 spiro atoms. The van der Waals surface area contributed by atoms with Crippen LogP contribution in [0.4, 0.5) is 0 Å². The summed E-state index contributed by atoms with van der Waals surface area (Å²) in [5, 5.41) is 2.78. The van der Waals surface area contributed by atoms with Gasteiger partial charge in [0, 0.05) is 16.7 Å². The molecule has 0 rings (SSSR count). The van der Waals surface area contributed by atoms with Gasteiger partial charge in [-0.05, 0) is 80.0 Å². The first kappa shape index (κ1) is 19.3. The fraction of sp³-hybridized carbons (Fsp3) is 0.190. The monoisotopic (exact) mass is 297 g/mol. The second-order valence-corrected chi connectivity index (χ2v) is 5.06. The summed E-state index contributed by atoms with van der Waals surface area (Å²) in [4.78, 5) is 11.8. The smallest absolute Gasteiger partial charge is 0.252 e. The molecule has 1 N–H and O–H groups in total. The molecule has 0 aliphatic heterocycles. The van der Waals surface area contributed by atoms with Crippen molar-refractivity contribution in [3.63, 3.8) is 0 Å². The van der Waals surface area contributed by atoms with Gasteiger partial charge in [0.1, 0.15) is 0 Å². The molecular weight excluding hydrogens is 282 g/mol. The van der Waals surface area contributed by atoms with Crippen LogP contribution in [-0.4, -0.2) is 11.4 Å². The molecule has 0 bridgehead atoms. The van der Waals surface area contributed by atoms with E-state index in [1.165, 1.54) is 0 Å². The minimum Gasteiger partial charge on any atom is -0.347 e. The summed E-state index contributed by atoms with van der Waals surface area (Å²) < 4.78 is 0. The van der Waals surface area contributed by atoms with Gasteiger partial charge in [-0.1, -0.05) is 19.1 Å².